The highest BCUT2D eigenvalue weighted by molar-refractivity contribution is 5.09. The Morgan fingerprint density at radius 1 is 1.38 bits per heavy atom. The summed E-state index contributed by atoms with van der Waals surface area (Å²) in [6, 6.07) is 0.542. The highest BCUT2D eigenvalue weighted by Crippen LogP contribution is 2.38. The number of nitrogens with one attached hydrogen (secondary N) is 1. The van der Waals surface area contributed by atoms with Crippen LogP contribution in [0.4, 0.5) is 0 Å². The maximum atomic E-state index is 4.21. The molecular weight excluding hydrogens is 164 g/mol. The van der Waals surface area contributed by atoms with E-state index in [0.29, 0.717) is 6.04 Å². The molecule has 2 fully saturated rings. The predicted octanol–water partition coefficient (Wildman–Crippen LogP) is 0.690. The van der Waals surface area contributed by atoms with Crippen LogP contribution in [-0.2, 0) is 0 Å². The van der Waals surface area contributed by atoms with Crippen LogP contribution >= 0.6 is 0 Å². The van der Waals surface area contributed by atoms with Crippen molar-refractivity contribution in [2.45, 2.75) is 31.2 Å². The van der Waals surface area contributed by atoms with Gasteiger partial charge < -0.3 is 5.32 Å². The van der Waals surface area contributed by atoms with E-state index in [-0.39, 0.29) is 0 Å². The van der Waals surface area contributed by atoms with E-state index in [1.807, 2.05) is 4.68 Å². The van der Waals surface area contributed by atoms with Crippen molar-refractivity contribution in [3.05, 3.63) is 11.9 Å². The largest absolute Gasteiger partial charge is 0.315 e. The van der Waals surface area contributed by atoms with Gasteiger partial charge in [0.1, 0.15) is 0 Å². The summed E-state index contributed by atoms with van der Waals surface area (Å²) in [7, 11) is 0. The molecule has 0 unspecified atom stereocenters. The van der Waals surface area contributed by atoms with Crippen LogP contribution in [0.1, 0.15) is 36.9 Å². The summed E-state index contributed by atoms with van der Waals surface area (Å²) >= 11 is 0. The van der Waals surface area contributed by atoms with Crippen molar-refractivity contribution in [1.82, 2.24) is 20.3 Å². The Balaban J connectivity index is 1.79. The second-order valence-electron chi connectivity index (χ2n) is 4.04. The molecular formula is C9H14N4. The van der Waals surface area contributed by atoms with Crippen molar-refractivity contribution >= 4 is 0 Å². The second kappa shape index (κ2) is 2.80. The molecule has 0 bridgehead atoms. The fourth-order valence-electron chi connectivity index (χ4n) is 1.90. The molecule has 1 aliphatic heterocycles. The van der Waals surface area contributed by atoms with E-state index >= 15 is 0 Å². The van der Waals surface area contributed by atoms with Crippen molar-refractivity contribution < 1.29 is 0 Å². The molecule has 1 aliphatic carbocycles. The molecule has 70 valence electrons. The zero-order valence-corrected chi connectivity index (χ0v) is 7.61. The van der Waals surface area contributed by atoms with Gasteiger partial charge in [-0.1, -0.05) is 5.21 Å². The van der Waals surface area contributed by atoms with Gasteiger partial charge in [0, 0.05) is 18.7 Å². The Morgan fingerprint density at radius 3 is 3.00 bits per heavy atom. The fraction of sp³-hybridized carbons (Fsp3) is 0.778. The molecule has 3 rings (SSSR count). The first-order valence-corrected chi connectivity index (χ1v) is 5.06. The number of rotatable bonds is 2. The molecule has 4 heteroatoms. The third-order valence-corrected chi connectivity index (χ3v) is 2.93. The molecule has 2 heterocycles. The van der Waals surface area contributed by atoms with E-state index in [1.165, 1.54) is 25.0 Å². The Bertz CT molecular complexity index is 296. The van der Waals surface area contributed by atoms with E-state index < -0.39 is 0 Å². The standard InChI is InChI=1S/C9H14N4/c1-2-7(1)9-6-13(12-11-9)8-3-4-10-5-8/h6-8,10H,1-5H2/t8-/m1/s1. The van der Waals surface area contributed by atoms with Crippen molar-refractivity contribution in [3.8, 4) is 0 Å². The van der Waals surface area contributed by atoms with E-state index in [4.69, 9.17) is 0 Å². The average Bonchev–Trinajstić information content (AvgIpc) is 2.72. The molecule has 1 saturated carbocycles. The van der Waals surface area contributed by atoms with Crippen molar-refractivity contribution in [2.75, 3.05) is 13.1 Å². The zero-order chi connectivity index (χ0) is 8.67. The topological polar surface area (TPSA) is 42.7 Å². The van der Waals surface area contributed by atoms with Gasteiger partial charge in [0.15, 0.2) is 0 Å². The quantitative estimate of drug-likeness (QED) is 0.724. The van der Waals surface area contributed by atoms with Gasteiger partial charge >= 0.3 is 0 Å². The zero-order valence-electron chi connectivity index (χ0n) is 7.61. The molecule has 0 aromatic carbocycles. The molecule has 0 amide bonds. The molecule has 0 spiro atoms. The predicted molar refractivity (Wildman–Crippen MR) is 48.5 cm³/mol. The van der Waals surface area contributed by atoms with Crippen LogP contribution in [0.25, 0.3) is 0 Å². The van der Waals surface area contributed by atoms with Crippen LogP contribution in [0.3, 0.4) is 0 Å². The lowest BCUT2D eigenvalue weighted by Gasteiger charge is -2.05. The molecule has 2 aliphatic rings. The first-order valence-electron chi connectivity index (χ1n) is 5.06. The molecule has 4 nitrogen and oxygen atoms in total. The lowest BCUT2D eigenvalue weighted by atomic mass is 10.2. The van der Waals surface area contributed by atoms with Gasteiger partial charge in [0.05, 0.1) is 11.7 Å². The smallest absolute Gasteiger partial charge is 0.0858 e. The van der Waals surface area contributed by atoms with Gasteiger partial charge in [-0.3, -0.25) is 0 Å². The first kappa shape index (κ1) is 7.50. The lowest BCUT2D eigenvalue weighted by Crippen LogP contribution is -2.13. The molecule has 1 saturated heterocycles. The Morgan fingerprint density at radius 2 is 2.31 bits per heavy atom. The molecule has 1 aromatic rings. The minimum absolute atomic E-state index is 0.542. The van der Waals surface area contributed by atoms with E-state index in [1.54, 1.807) is 0 Å². The maximum Gasteiger partial charge on any atom is 0.0858 e. The normalized spacial score (nSPS) is 28.2. The highest BCUT2D eigenvalue weighted by Gasteiger charge is 2.27. The minimum atomic E-state index is 0.542. The van der Waals surface area contributed by atoms with Crippen molar-refractivity contribution in [1.29, 1.82) is 0 Å². The van der Waals surface area contributed by atoms with Gasteiger partial charge in [0.2, 0.25) is 0 Å². The summed E-state index contributed by atoms with van der Waals surface area (Å²) in [5.74, 6) is 0.725. The summed E-state index contributed by atoms with van der Waals surface area (Å²) in [5, 5.41) is 11.7. The molecule has 13 heavy (non-hydrogen) atoms. The van der Waals surface area contributed by atoms with E-state index in [9.17, 15) is 0 Å². The highest BCUT2D eigenvalue weighted by atomic mass is 15.4. The van der Waals surface area contributed by atoms with Crippen molar-refractivity contribution in [3.63, 3.8) is 0 Å². The SMILES string of the molecule is c1c(C2CC2)nnn1[C@@H]1CCNC1. The van der Waals surface area contributed by atoms with Crippen LogP contribution in [0.5, 0.6) is 0 Å². The Hall–Kier alpha value is -0.900. The number of hydrogen-bond acceptors (Lipinski definition) is 3. The van der Waals surface area contributed by atoms with E-state index in [2.05, 4.69) is 21.8 Å². The first-order chi connectivity index (χ1) is 6.43. The Kier molecular flexibility index (Phi) is 1.62. The summed E-state index contributed by atoms with van der Waals surface area (Å²) in [6.45, 7) is 2.16. The second-order valence-corrected chi connectivity index (χ2v) is 4.04. The van der Waals surface area contributed by atoms with Crippen LogP contribution in [-0.4, -0.2) is 28.1 Å². The molecule has 1 N–H and O–H groups in total. The monoisotopic (exact) mass is 178 g/mol. The maximum absolute atomic E-state index is 4.21. The number of hydrogen-bond donors (Lipinski definition) is 1. The van der Waals surface area contributed by atoms with Crippen LogP contribution < -0.4 is 5.32 Å². The van der Waals surface area contributed by atoms with Crippen LogP contribution in [0, 0.1) is 0 Å². The summed E-state index contributed by atoms with van der Waals surface area (Å²) in [4.78, 5) is 0. The summed E-state index contributed by atoms with van der Waals surface area (Å²) in [6.07, 6.45) is 5.94. The van der Waals surface area contributed by atoms with E-state index in [0.717, 1.165) is 19.0 Å². The summed E-state index contributed by atoms with van der Waals surface area (Å²) < 4.78 is 2.04. The number of nitrogens with zero attached hydrogens (tertiary/aromatic N) is 3. The van der Waals surface area contributed by atoms with Gasteiger partial charge in [-0.15, -0.1) is 5.10 Å². The lowest BCUT2D eigenvalue weighted by molar-refractivity contribution is 0.476. The van der Waals surface area contributed by atoms with Gasteiger partial charge in [-0.2, -0.15) is 0 Å². The molecule has 1 aromatic heterocycles. The minimum Gasteiger partial charge on any atom is -0.315 e. The van der Waals surface area contributed by atoms with Crippen molar-refractivity contribution in [2.24, 2.45) is 0 Å². The van der Waals surface area contributed by atoms with Crippen LogP contribution in [0.2, 0.25) is 0 Å². The summed E-state index contributed by atoms with van der Waals surface area (Å²) in [5.41, 5.74) is 1.20. The van der Waals surface area contributed by atoms with Gasteiger partial charge in [-0.25, -0.2) is 4.68 Å². The Labute approximate surface area is 77.3 Å². The fourth-order valence-corrected chi connectivity index (χ4v) is 1.90. The average molecular weight is 178 g/mol. The van der Waals surface area contributed by atoms with Gasteiger partial charge in [-0.05, 0) is 25.8 Å². The molecule has 1 atom stereocenters. The van der Waals surface area contributed by atoms with Crippen LogP contribution in [0.15, 0.2) is 6.20 Å². The number of aromatic nitrogens is 3. The molecule has 0 radical (unpaired) electrons. The van der Waals surface area contributed by atoms with Gasteiger partial charge in [0.25, 0.3) is 0 Å². The third kappa shape index (κ3) is 1.35. The third-order valence-electron chi connectivity index (χ3n) is 2.93.